The lowest BCUT2D eigenvalue weighted by Gasteiger charge is -2.33. The summed E-state index contributed by atoms with van der Waals surface area (Å²) in [6.07, 6.45) is 7.29. The van der Waals surface area contributed by atoms with Gasteiger partial charge in [0.25, 0.3) is 0 Å². The number of hydrogen-bond donors (Lipinski definition) is 1. The first-order valence-electron chi connectivity index (χ1n) is 7.08. The summed E-state index contributed by atoms with van der Waals surface area (Å²) < 4.78 is 0. The zero-order chi connectivity index (χ0) is 12.7. The summed E-state index contributed by atoms with van der Waals surface area (Å²) in [6, 6.07) is 0. The van der Waals surface area contributed by atoms with Crippen LogP contribution in [0.2, 0.25) is 0 Å². The minimum Gasteiger partial charge on any atom is -0.396 e. The van der Waals surface area contributed by atoms with Gasteiger partial charge in [0.2, 0.25) is 0 Å². The van der Waals surface area contributed by atoms with Crippen molar-refractivity contribution in [3.8, 4) is 0 Å². The van der Waals surface area contributed by atoms with E-state index in [4.69, 9.17) is 0 Å². The minimum absolute atomic E-state index is 0.364. The van der Waals surface area contributed by atoms with Crippen LogP contribution in [-0.2, 0) is 0 Å². The van der Waals surface area contributed by atoms with Crippen molar-refractivity contribution in [2.45, 2.75) is 46.5 Å². The molecule has 1 rings (SSSR count). The van der Waals surface area contributed by atoms with Crippen molar-refractivity contribution in [2.24, 2.45) is 11.8 Å². The molecule has 17 heavy (non-hydrogen) atoms. The highest BCUT2D eigenvalue weighted by molar-refractivity contribution is 4.92. The van der Waals surface area contributed by atoms with E-state index < -0.39 is 0 Å². The molecular weight excluding hydrogens is 210 g/mol. The Morgan fingerprint density at radius 1 is 1.47 bits per heavy atom. The van der Waals surface area contributed by atoms with Crippen LogP contribution in [0.25, 0.3) is 0 Å². The lowest BCUT2D eigenvalue weighted by atomic mass is 9.97. The largest absolute Gasteiger partial charge is 0.396 e. The van der Waals surface area contributed by atoms with E-state index in [-0.39, 0.29) is 0 Å². The molecule has 100 valence electrons. The van der Waals surface area contributed by atoms with Crippen LogP contribution >= 0.6 is 0 Å². The standard InChI is InChI=1S/C15H29NO/c1-13(2)6-4-7-14(3)10-16-9-5-8-15(11-16)12-17/h6,14-15,17H,4-5,7-12H2,1-3H3/t14-,15+/m1/s1. The Labute approximate surface area is 107 Å². The van der Waals surface area contributed by atoms with Crippen molar-refractivity contribution in [1.29, 1.82) is 0 Å². The molecular formula is C15H29NO. The molecule has 0 unspecified atom stereocenters. The number of aliphatic hydroxyl groups excluding tert-OH is 1. The van der Waals surface area contributed by atoms with Crippen LogP contribution in [-0.4, -0.2) is 36.2 Å². The molecule has 0 aromatic heterocycles. The summed E-state index contributed by atoms with van der Waals surface area (Å²) in [6.45, 7) is 10.6. The zero-order valence-corrected chi connectivity index (χ0v) is 11.8. The Hall–Kier alpha value is -0.340. The number of nitrogens with zero attached hydrogens (tertiary/aromatic N) is 1. The van der Waals surface area contributed by atoms with Crippen molar-refractivity contribution in [2.75, 3.05) is 26.2 Å². The second-order valence-corrected chi connectivity index (χ2v) is 5.91. The number of rotatable bonds is 6. The van der Waals surface area contributed by atoms with Crippen LogP contribution in [0.5, 0.6) is 0 Å². The van der Waals surface area contributed by atoms with E-state index in [9.17, 15) is 5.11 Å². The first kappa shape index (κ1) is 14.7. The molecule has 2 heteroatoms. The van der Waals surface area contributed by atoms with E-state index >= 15 is 0 Å². The predicted molar refractivity (Wildman–Crippen MR) is 74.1 cm³/mol. The zero-order valence-electron chi connectivity index (χ0n) is 11.8. The predicted octanol–water partition coefficient (Wildman–Crippen LogP) is 3.07. The Kier molecular flexibility index (Phi) is 6.83. The summed E-state index contributed by atoms with van der Waals surface area (Å²) in [4.78, 5) is 2.54. The number of allylic oxidation sites excluding steroid dienone is 2. The third-order valence-electron chi connectivity index (χ3n) is 3.64. The van der Waals surface area contributed by atoms with Gasteiger partial charge in [-0.1, -0.05) is 18.6 Å². The van der Waals surface area contributed by atoms with Crippen LogP contribution in [0, 0.1) is 11.8 Å². The minimum atomic E-state index is 0.364. The highest BCUT2D eigenvalue weighted by Crippen LogP contribution is 2.18. The third kappa shape index (κ3) is 6.23. The molecule has 1 aliphatic heterocycles. The van der Waals surface area contributed by atoms with Crippen molar-refractivity contribution in [1.82, 2.24) is 4.90 Å². The maximum absolute atomic E-state index is 9.21. The molecule has 1 fully saturated rings. The third-order valence-corrected chi connectivity index (χ3v) is 3.64. The van der Waals surface area contributed by atoms with Gasteiger partial charge in [0.1, 0.15) is 0 Å². The Morgan fingerprint density at radius 2 is 2.24 bits per heavy atom. The van der Waals surface area contributed by atoms with Crippen molar-refractivity contribution in [3.63, 3.8) is 0 Å². The summed E-state index contributed by atoms with van der Waals surface area (Å²) in [7, 11) is 0. The lowest BCUT2D eigenvalue weighted by Crippen LogP contribution is -2.39. The van der Waals surface area contributed by atoms with Gasteiger partial charge in [-0.15, -0.1) is 0 Å². The summed E-state index contributed by atoms with van der Waals surface area (Å²) in [5.74, 6) is 1.29. The quantitative estimate of drug-likeness (QED) is 0.720. The Bertz CT molecular complexity index is 233. The first-order chi connectivity index (χ1) is 8.11. The average Bonchev–Trinajstić information content (AvgIpc) is 2.28. The van der Waals surface area contributed by atoms with Crippen molar-refractivity contribution in [3.05, 3.63) is 11.6 Å². The molecule has 0 amide bonds. The number of hydrogen-bond acceptors (Lipinski definition) is 2. The molecule has 1 aliphatic rings. The van der Waals surface area contributed by atoms with Crippen LogP contribution < -0.4 is 0 Å². The number of likely N-dealkylation sites (tertiary alicyclic amines) is 1. The summed E-state index contributed by atoms with van der Waals surface area (Å²) in [5, 5.41) is 9.21. The molecule has 0 saturated carbocycles. The van der Waals surface area contributed by atoms with Crippen molar-refractivity contribution >= 4 is 0 Å². The highest BCUT2D eigenvalue weighted by atomic mass is 16.3. The van der Waals surface area contributed by atoms with Gasteiger partial charge in [0, 0.05) is 19.7 Å². The normalized spacial score (nSPS) is 23.4. The van der Waals surface area contributed by atoms with E-state index in [0.29, 0.717) is 12.5 Å². The molecule has 0 bridgehead atoms. The molecule has 0 aliphatic carbocycles. The molecule has 0 spiro atoms. The van der Waals surface area contributed by atoms with Crippen LogP contribution in [0.15, 0.2) is 11.6 Å². The van der Waals surface area contributed by atoms with Gasteiger partial charge < -0.3 is 10.0 Å². The monoisotopic (exact) mass is 239 g/mol. The average molecular weight is 239 g/mol. The second kappa shape index (κ2) is 7.88. The van der Waals surface area contributed by atoms with Gasteiger partial charge in [-0.25, -0.2) is 0 Å². The van der Waals surface area contributed by atoms with Crippen LogP contribution in [0.3, 0.4) is 0 Å². The van der Waals surface area contributed by atoms with Gasteiger partial charge in [-0.2, -0.15) is 0 Å². The van der Waals surface area contributed by atoms with Crippen LogP contribution in [0.4, 0.5) is 0 Å². The fourth-order valence-corrected chi connectivity index (χ4v) is 2.65. The number of aliphatic hydroxyl groups is 1. The van der Waals surface area contributed by atoms with E-state index in [1.54, 1.807) is 0 Å². The summed E-state index contributed by atoms with van der Waals surface area (Å²) in [5.41, 5.74) is 1.43. The van der Waals surface area contributed by atoms with E-state index in [1.165, 1.54) is 44.3 Å². The van der Waals surface area contributed by atoms with Gasteiger partial charge in [-0.05, 0) is 57.9 Å². The SMILES string of the molecule is CC(C)=CCC[C@@H](C)CN1CCC[C@H](CO)C1. The first-order valence-corrected chi connectivity index (χ1v) is 7.08. The summed E-state index contributed by atoms with van der Waals surface area (Å²) >= 11 is 0. The van der Waals surface area contributed by atoms with Crippen LogP contribution in [0.1, 0.15) is 46.5 Å². The van der Waals surface area contributed by atoms with E-state index in [2.05, 4.69) is 31.7 Å². The fourth-order valence-electron chi connectivity index (χ4n) is 2.65. The number of piperidine rings is 1. The van der Waals surface area contributed by atoms with Gasteiger partial charge in [0.05, 0.1) is 0 Å². The molecule has 0 aromatic rings. The van der Waals surface area contributed by atoms with E-state index in [1.807, 2.05) is 0 Å². The molecule has 0 radical (unpaired) electrons. The molecule has 1 heterocycles. The molecule has 1 N–H and O–H groups in total. The molecule has 1 saturated heterocycles. The maximum Gasteiger partial charge on any atom is 0.0471 e. The van der Waals surface area contributed by atoms with Gasteiger partial charge in [-0.3, -0.25) is 0 Å². The molecule has 2 nitrogen and oxygen atoms in total. The Morgan fingerprint density at radius 3 is 2.88 bits per heavy atom. The maximum atomic E-state index is 9.21. The van der Waals surface area contributed by atoms with Gasteiger partial charge in [0.15, 0.2) is 0 Å². The highest BCUT2D eigenvalue weighted by Gasteiger charge is 2.20. The van der Waals surface area contributed by atoms with Gasteiger partial charge >= 0.3 is 0 Å². The molecule has 2 atom stereocenters. The topological polar surface area (TPSA) is 23.5 Å². The lowest BCUT2D eigenvalue weighted by molar-refractivity contribution is 0.109. The van der Waals surface area contributed by atoms with E-state index in [0.717, 1.165) is 12.5 Å². The smallest absolute Gasteiger partial charge is 0.0471 e. The van der Waals surface area contributed by atoms with Crippen molar-refractivity contribution < 1.29 is 5.11 Å². The Balaban J connectivity index is 2.21. The second-order valence-electron chi connectivity index (χ2n) is 5.91. The fraction of sp³-hybridized carbons (Fsp3) is 0.867. The molecule has 0 aromatic carbocycles.